The first-order chi connectivity index (χ1) is 10.6. The van der Waals surface area contributed by atoms with Crippen molar-refractivity contribution in [1.29, 1.82) is 0 Å². The molecule has 0 saturated carbocycles. The third-order valence-electron chi connectivity index (χ3n) is 3.03. The molecule has 0 heterocycles. The summed E-state index contributed by atoms with van der Waals surface area (Å²) in [6, 6.07) is 4.27. The molecule has 2 N–H and O–H groups in total. The van der Waals surface area contributed by atoms with Gasteiger partial charge in [-0.1, -0.05) is 0 Å². The number of rotatable bonds is 8. The largest absolute Gasteiger partial charge is 0.493 e. The van der Waals surface area contributed by atoms with Crippen LogP contribution in [0.25, 0.3) is 0 Å². The van der Waals surface area contributed by atoms with Crippen LogP contribution in [0.1, 0.15) is 20.3 Å². The van der Waals surface area contributed by atoms with Crippen LogP contribution in [-0.2, 0) is 14.6 Å². The number of hydrogen-bond acceptors (Lipinski definition) is 6. The molecule has 1 aromatic rings. The van der Waals surface area contributed by atoms with Gasteiger partial charge in [0, 0.05) is 19.0 Å². The summed E-state index contributed by atoms with van der Waals surface area (Å²) in [7, 11) is -0.753. The first kappa shape index (κ1) is 19.2. The highest BCUT2D eigenvalue weighted by atomic mass is 32.2. The average molecular weight is 345 g/mol. The summed E-state index contributed by atoms with van der Waals surface area (Å²) >= 11 is 0. The van der Waals surface area contributed by atoms with E-state index in [-0.39, 0.29) is 23.6 Å². The minimum atomic E-state index is -3.63. The number of methoxy groups -OCH3 is 2. The fourth-order valence-electron chi connectivity index (χ4n) is 1.76. The summed E-state index contributed by atoms with van der Waals surface area (Å²) in [5, 5.41) is 12.0. The predicted molar refractivity (Wildman–Crippen MR) is 85.5 cm³/mol. The third-order valence-corrected chi connectivity index (χ3v) is 4.74. The lowest BCUT2D eigenvalue weighted by molar-refractivity contribution is -0.121. The minimum absolute atomic E-state index is 0.0578. The van der Waals surface area contributed by atoms with Gasteiger partial charge >= 0.3 is 0 Å². The molecular weight excluding hydrogens is 322 g/mol. The van der Waals surface area contributed by atoms with Crippen LogP contribution in [0.2, 0.25) is 0 Å². The maximum absolute atomic E-state index is 12.3. The van der Waals surface area contributed by atoms with Gasteiger partial charge in [0.1, 0.15) is 0 Å². The molecule has 0 aliphatic rings. The lowest BCUT2D eigenvalue weighted by Gasteiger charge is -2.17. The van der Waals surface area contributed by atoms with Gasteiger partial charge in [-0.25, -0.2) is 8.42 Å². The number of hydrogen-bond donors (Lipinski definition) is 2. The number of benzene rings is 1. The Bertz CT molecular complexity index is 648. The first-order valence-corrected chi connectivity index (χ1v) is 8.68. The Labute approximate surface area is 136 Å². The molecule has 1 aromatic carbocycles. The second-order valence-corrected chi connectivity index (χ2v) is 7.78. The summed E-state index contributed by atoms with van der Waals surface area (Å²) in [5.74, 6) is -0.0363. The summed E-state index contributed by atoms with van der Waals surface area (Å²) < 4.78 is 34.7. The monoisotopic (exact) mass is 345 g/mol. The van der Waals surface area contributed by atoms with Gasteiger partial charge in [0.15, 0.2) is 21.3 Å². The molecule has 0 aliphatic carbocycles. The van der Waals surface area contributed by atoms with Gasteiger partial charge in [-0.2, -0.15) is 0 Å². The van der Waals surface area contributed by atoms with Crippen molar-refractivity contribution in [2.45, 2.75) is 30.8 Å². The summed E-state index contributed by atoms with van der Waals surface area (Å²) in [6.45, 7) is 3.16. The van der Waals surface area contributed by atoms with E-state index in [4.69, 9.17) is 9.47 Å². The van der Waals surface area contributed by atoms with Crippen LogP contribution in [0.15, 0.2) is 23.1 Å². The first-order valence-electron chi connectivity index (χ1n) is 7.03. The summed E-state index contributed by atoms with van der Waals surface area (Å²) in [6.07, 6.45) is -0.188. The Morgan fingerprint density at radius 2 is 1.83 bits per heavy atom. The average Bonchev–Trinajstić information content (AvgIpc) is 2.49. The van der Waals surface area contributed by atoms with Crippen LogP contribution in [0.5, 0.6) is 11.5 Å². The van der Waals surface area contributed by atoms with Crippen molar-refractivity contribution in [2.24, 2.45) is 0 Å². The van der Waals surface area contributed by atoms with Crippen molar-refractivity contribution >= 4 is 15.7 Å². The number of sulfone groups is 1. The van der Waals surface area contributed by atoms with Gasteiger partial charge in [0.2, 0.25) is 5.91 Å². The van der Waals surface area contributed by atoms with Gasteiger partial charge in [0.25, 0.3) is 0 Å². The quantitative estimate of drug-likeness (QED) is 0.721. The Balaban J connectivity index is 2.74. The van der Waals surface area contributed by atoms with E-state index in [0.717, 1.165) is 0 Å². The molecule has 7 nitrogen and oxygen atoms in total. The van der Waals surface area contributed by atoms with E-state index >= 15 is 0 Å². The van der Waals surface area contributed by atoms with E-state index in [1.807, 2.05) is 0 Å². The topological polar surface area (TPSA) is 102 Å². The molecule has 0 bridgehead atoms. The normalized spacial score (nSPS) is 11.9. The lowest BCUT2D eigenvalue weighted by atomic mass is 10.1. The number of carbonyl (C=O) groups is 1. The van der Waals surface area contributed by atoms with Crippen molar-refractivity contribution in [2.75, 3.05) is 26.5 Å². The molecule has 23 heavy (non-hydrogen) atoms. The number of carbonyl (C=O) groups excluding carboxylic acids is 1. The zero-order valence-corrected chi connectivity index (χ0v) is 14.6. The van der Waals surface area contributed by atoms with Crippen LogP contribution in [0.3, 0.4) is 0 Å². The standard InChI is InChI=1S/C15H23NO6S/c1-15(2,18)10-16-14(17)7-8-23(19,20)11-5-6-12(21-3)13(9-11)22-4/h5-6,9,18H,7-8,10H2,1-4H3,(H,16,17). The Kier molecular flexibility index (Phi) is 6.40. The smallest absolute Gasteiger partial charge is 0.221 e. The molecule has 0 aliphatic heterocycles. The Morgan fingerprint density at radius 1 is 1.22 bits per heavy atom. The second kappa shape index (κ2) is 7.65. The van der Waals surface area contributed by atoms with Crippen molar-refractivity contribution in [3.63, 3.8) is 0 Å². The molecule has 8 heteroatoms. The van der Waals surface area contributed by atoms with Crippen LogP contribution in [-0.4, -0.2) is 51.5 Å². The van der Waals surface area contributed by atoms with Crippen LogP contribution in [0, 0.1) is 0 Å². The molecule has 0 unspecified atom stereocenters. The molecule has 0 aromatic heterocycles. The van der Waals surface area contributed by atoms with Gasteiger partial charge in [-0.3, -0.25) is 4.79 Å². The highest BCUT2D eigenvalue weighted by molar-refractivity contribution is 7.91. The fourth-order valence-corrected chi connectivity index (χ4v) is 3.01. The molecule has 0 saturated heterocycles. The minimum Gasteiger partial charge on any atom is -0.493 e. The second-order valence-electron chi connectivity index (χ2n) is 5.67. The number of ether oxygens (including phenoxy) is 2. The third kappa shape index (κ3) is 6.07. The number of aliphatic hydroxyl groups is 1. The zero-order valence-electron chi connectivity index (χ0n) is 13.8. The van der Waals surface area contributed by atoms with Crippen LogP contribution >= 0.6 is 0 Å². The van der Waals surface area contributed by atoms with Crippen LogP contribution in [0.4, 0.5) is 0 Å². The number of nitrogens with one attached hydrogen (secondary N) is 1. The van der Waals surface area contributed by atoms with E-state index in [0.29, 0.717) is 11.5 Å². The molecular formula is C15H23NO6S. The predicted octanol–water partition coefficient (Wildman–Crippen LogP) is 0.755. The number of amides is 1. The fraction of sp³-hybridized carbons (Fsp3) is 0.533. The zero-order chi connectivity index (χ0) is 17.7. The molecule has 1 amide bonds. The van der Waals surface area contributed by atoms with Gasteiger partial charge < -0.3 is 19.9 Å². The Morgan fingerprint density at radius 3 is 2.35 bits per heavy atom. The van der Waals surface area contributed by atoms with E-state index in [9.17, 15) is 18.3 Å². The maximum Gasteiger partial charge on any atom is 0.221 e. The molecule has 0 fully saturated rings. The van der Waals surface area contributed by atoms with Crippen molar-refractivity contribution in [1.82, 2.24) is 5.32 Å². The van der Waals surface area contributed by atoms with Crippen LogP contribution < -0.4 is 14.8 Å². The van der Waals surface area contributed by atoms with Crippen molar-refractivity contribution in [3.05, 3.63) is 18.2 Å². The van der Waals surface area contributed by atoms with Crippen molar-refractivity contribution in [3.8, 4) is 11.5 Å². The van der Waals surface area contributed by atoms with E-state index in [1.54, 1.807) is 13.8 Å². The van der Waals surface area contributed by atoms with Gasteiger partial charge in [-0.05, 0) is 26.0 Å². The molecule has 0 atom stereocenters. The Hall–Kier alpha value is -1.80. The molecule has 0 radical (unpaired) electrons. The maximum atomic E-state index is 12.3. The van der Waals surface area contributed by atoms with Crippen molar-refractivity contribution < 1.29 is 27.8 Å². The van der Waals surface area contributed by atoms with E-state index < -0.39 is 21.3 Å². The highest BCUT2D eigenvalue weighted by Crippen LogP contribution is 2.29. The van der Waals surface area contributed by atoms with E-state index in [1.165, 1.54) is 32.4 Å². The molecule has 0 spiro atoms. The van der Waals surface area contributed by atoms with Gasteiger partial charge in [0.05, 0.1) is 30.5 Å². The van der Waals surface area contributed by atoms with E-state index in [2.05, 4.69) is 5.32 Å². The lowest BCUT2D eigenvalue weighted by Crippen LogP contribution is -2.38. The summed E-state index contributed by atoms with van der Waals surface area (Å²) in [4.78, 5) is 11.7. The SMILES string of the molecule is COc1ccc(S(=O)(=O)CCC(=O)NCC(C)(C)O)cc1OC. The molecule has 1 rings (SSSR count). The highest BCUT2D eigenvalue weighted by Gasteiger charge is 2.20. The van der Waals surface area contributed by atoms with Gasteiger partial charge in [-0.15, -0.1) is 0 Å². The molecule has 130 valence electrons. The summed E-state index contributed by atoms with van der Waals surface area (Å²) in [5.41, 5.74) is -1.04.